The van der Waals surface area contributed by atoms with Crippen molar-refractivity contribution in [3.05, 3.63) is 12.2 Å². The van der Waals surface area contributed by atoms with Gasteiger partial charge in [0, 0.05) is 19.6 Å². The van der Waals surface area contributed by atoms with E-state index in [1.807, 2.05) is 0 Å². The zero-order valence-electron chi connectivity index (χ0n) is 25.4. The van der Waals surface area contributed by atoms with Gasteiger partial charge in [-0.25, -0.2) is 0 Å². The van der Waals surface area contributed by atoms with Gasteiger partial charge in [0.2, 0.25) is 0 Å². The predicted octanol–water partition coefficient (Wildman–Crippen LogP) is 11.3. The van der Waals surface area contributed by atoms with Gasteiger partial charge < -0.3 is 9.47 Å². The first kappa shape index (κ1) is 36.2. The second kappa shape index (κ2) is 33.2. The Morgan fingerprint density at radius 1 is 0.486 bits per heavy atom. The summed E-state index contributed by atoms with van der Waals surface area (Å²) >= 11 is 0. The molecule has 0 saturated carbocycles. The molecule has 0 aliphatic heterocycles. The van der Waals surface area contributed by atoms with E-state index in [1.54, 1.807) is 0 Å². The molecule has 0 aromatic heterocycles. The number of esters is 1. The van der Waals surface area contributed by atoms with Crippen molar-refractivity contribution in [1.29, 1.82) is 0 Å². The molecule has 0 aliphatic carbocycles. The van der Waals surface area contributed by atoms with E-state index in [0.29, 0.717) is 13.0 Å². The second-order valence-electron chi connectivity index (χ2n) is 11.0. The lowest BCUT2D eigenvalue weighted by Gasteiger charge is -2.05. The molecule has 37 heavy (non-hydrogen) atoms. The lowest BCUT2D eigenvalue weighted by molar-refractivity contribution is -0.143. The van der Waals surface area contributed by atoms with Gasteiger partial charge in [-0.2, -0.15) is 0 Å². The number of hydrogen-bond donors (Lipinski definition) is 0. The standard InChI is InChI=1S/C34H66O3/c1-3-5-6-7-8-9-10-11-12-13-14-18-21-24-27-30-33-37-34(35)31-28-25-22-19-16-15-17-20-23-26-29-32-36-4-2/h11-12H,3-10,13-33H2,1-2H3. The van der Waals surface area contributed by atoms with Crippen molar-refractivity contribution in [1.82, 2.24) is 0 Å². The minimum Gasteiger partial charge on any atom is -0.466 e. The number of carbonyl (C=O) groups is 1. The number of allylic oxidation sites excluding steroid dienone is 2. The topological polar surface area (TPSA) is 35.5 Å². The molecular formula is C34H66O3. The fraction of sp³-hybridized carbons (Fsp3) is 0.912. The van der Waals surface area contributed by atoms with Gasteiger partial charge >= 0.3 is 5.97 Å². The first-order chi connectivity index (χ1) is 18.3. The predicted molar refractivity (Wildman–Crippen MR) is 162 cm³/mol. The fourth-order valence-corrected chi connectivity index (χ4v) is 4.82. The molecule has 0 aromatic rings. The molecule has 3 nitrogen and oxygen atoms in total. The van der Waals surface area contributed by atoms with Crippen molar-refractivity contribution >= 4 is 5.97 Å². The minimum atomic E-state index is 0.0112. The summed E-state index contributed by atoms with van der Waals surface area (Å²) in [6.45, 7) is 6.74. The highest BCUT2D eigenvalue weighted by Gasteiger charge is 2.02. The molecule has 0 aliphatic rings. The van der Waals surface area contributed by atoms with Crippen LogP contribution in [0.4, 0.5) is 0 Å². The molecule has 0 amide bonds. The van der Waals surface area contributed by atoms with Gasteiger partial charge in [0.1, 0.15) is 0 Å². The first-order valence-corrected chi connectivity index (χ1v) is 16.7. The molecule has 0 rings (SSSR count). The normalized spacial score (nSPS) is 11.5. The Bertz CT molecular complexity index is 460. The zero-order chi connectivity index (χ0) is 26.9. The van der Waals surface area contributed by atoms with Crippen molar-refractivity contribution in [2.45, 2.75) is 181 Å². The Hall–Kier alpha value is -0.830. The minimum absolute atomic E-state index is 0.0112. The van der Waals surface area contributed by atoms with Crippen molar-refractivity contribution in [2.75, 3.05) is 19.8 Å². The quantitative estimate of drug-likeness (QED) is 0.0516. The summed E-state index contributed by atoms with van der Waals surface area (Å²) in [5.74, 6) is 0.0112. The SMILES string of the molecule is CCCCCCCCC=CCCCCCCCCOC(=O)CCCCCCCCCCCCCOCC. The molecular weight excluding hydrogens is 456 g/mol. The van der Waals surface area contributed by atoms with Crippen LogP contribution in [-0.4, -0.2) is 25.8 Å². The number of ether oxygens (including phenoxy) is 2. The maximum Gasteiger partial charge on any atom is 0.305 e. The molecule has 0 fully saturated rings. The van der Waals surface area contributed by atoms with Crippen LogP contribution in [0.5, 0.6) is 0 Å². The molecule has 0 atom stereocenters. The maximum absolute atomic E-state index is 11.9. The van der Waals surface area contributed by atoms with Crippen molar-refractivity contribution in [3.8, 4) is 0 Å². The van der Waals surface area contributed by atoms with Gasteiger partial charge in [0.25, 0.3) is 0 Å². The van der Waals surface area contributed by atoms with Crippen LogP contribution in [0, 0.1) is 0 Å². The Balaban J connectivity index is 3.18. The average molecular weight is 523 g/mol. The molecule has 0 N–H and O–H groups in total. The first-order valence-electron chi connectivity index (χ1n) is 16.7. The van der Waals surface area contributed by atoms with Crippen LogP contribution in [0.2, 0.25) is 0 Å². The highest BCUT2D eigenvalue weighted by atomic mass is 16.5. The van der Waals surface area contributed by atoms with Gasteiger partial charge in [-0.3, -0.25) is 4.79 Å². The largest absolute Gasteiger partial charge is 0.466 e. The smallest absolute Gasteiger partial charge is 0.305 e. The molecule has 220 valence electrons. The van der Waals surface area contributed by atoms with Crippen LogP contribution >= 0.6 is 0 Å². The van der Waals surface area contributed by atoms with Crippen LogP contribution < -0.4 is 0 Å². The Morgan fingerprint density at radius 2 is 0.892 bits per heavy atom. The molecule has 0 radical (unpaired) electrons. The Labute approximate surface area is 232 Å². The van der Waals surface area contributed by atoms with E-state index in [0.717, 1.165) is 26.1 Å². The van der Waals surface area contributed by atoms with Gasteiger partial charge in [0.05, 0.1) is 6.61 Å². The van der Waals surface area contributed by atoms with Gasteiger partial charge in [-0.05, 0) is 51.9 Å². The molecule has 0 aromatic carbocycles. The molecule has 0 spiro atoms. The molecule has 0 saturated heterocycles. The van der Waals surface area contributed by atoms with Gasteiger partial charge in [-0.15, -0.1) is 0 Å². The summed E-state index contributed by atoms with van der Waals surface area (Å²) in [6.07, 6.45) is 37.7. The summed E-state index contributed by atoms with van der Waals surface area (Å²) < 4.78 is 10.8. The molecule has 0 bridgehead atoms. The molecule has 0 heterocycles. The van der Waals surface area contributed by atoms with E-state index in [-0.39, 0.29) is 5.97 Å². The zero-order valence-corrected chi connectivity index (χ0v) is 25.4. The number of carbonyl (C=O) groups excluding carboxylic acids is 1. The third kappa shape index (κ3) is 33.1. The fourth-order valence-electron chi connectivity index (χ4n) is 4.82. The van der Waals surface area contributed by atoms with Gasteiger partial charge in [-0.1, -0.05) is 135 Å². The number of unbranched alkanes of at least 4 members (excludes halogenated alkanes) is 22. The van der Waals surface area contributed by atoms with Crippen molar-refractivity contribution in [2.24, 2.45) is 0 Å². The van der Waals surface area contributed by atoms with Crippen LogP contribution in [0.25, 0.3) is 0 Å². The summed E-state index contributed by atoms with van der Waals surface area (Å²) in [6, 6.07) is 0. The lowest BCUT2D eigenvalue weighted by atomic mass is 10.1. The van der Waals surface area contributed by atoms with Crippen molar-refractivity contribution in [3.63, 3.8) is 0 Å². The summed E-state index contributed by atoms with van der Waals surface area (Å²) in [7, 11) is 0. The van der Waals surface area contributed by atoms with E-state index in [4.69, 9.17) is 9.47 Å². The van der Waals surface area contributed by atoms with Crippen LogP contribution in [0.3, 0.4) is 0 Å². The second-order valence-corrected chi connectivity index (χ2v) is 11.0. The van der Waals surface area contributed by atoms with E-state index >= 15 is 0 Å². The van der Waals surface area contributed by atoms with Gasteiger partial charge in [0.15, 0.2) is 0 Å². The maximum atomic E-state index is 11.9. The monoisotopic (exact) mass is 523 g/mol. The summed E-state index contributed by atoms with van der Waals surface area (Å²) in [5.41, 5.74) is 0. The average Bonchev–Trinajstić information content (AvgIpc) is 2.90. The Kier molecular flexibility index (Phi) is 32.5. The third-order valence-corrected chi connectivity index (χ3v) is 7.29. The molecule has 0 unspecified atom stereocenters. The highest BCUT2D eigenvalue weighted by Crippen LogP contribution is 2.13. The summed E-state index contributed by atoms with van der Waals surface area (Å²) in [4.78, 5) is 11.9. The van der Waals surface area contributed by atoms with Crippen LogP contribution in [0.1, 0.15) is 181 Å². The highest BCUT2D eigenvalue weighted by molar-refractivity contribution is 5.69. The summed E-state index contributed by atoms with van der Waals surface area (Å²) in [5, 5.41) is 0. The third-order valence-electron chi connectivity index (χ3n) is 7.29. The van der Waals surface area contributed by atoms with Crippen LogP contribution in [-0.2, 0) is 14.3 Å². The number of hydrogen-bond acceptors (Lipinski definition) is 3. The van der Waals surface area contributed by atoms with Crippen molar-refractivity contribution < 1.29 is 14.3 Å². The van der Waals surface area contributed by atoms with E-state index < -0.39 is 0 Å². The van der Waals surface area contributed by atoms with E-state index in [1.165, 1.54) is 148 Å². The molecule has 3 heteroatoms. The van der Waals surface area contributed by atoms with E-state index in [9.17, 15) is 4.79 Å². The lowest BCUT2D eigenvalue weighted by Crippen LogP contribution is -2.05. The van der Waals surface area contributed by atoms with Crippen LogP contribution in [0.15, 0.2) is 12.2 Å². The number of rotatable bonds is 31. The van der Waals surface area contributed by atoms with E-state index in [2.05, 4.69) is 26.0 Å². The Morgan fingerprint density at radius 3 is 1.38 bits per heavy atom.